The molecule has 6 heteroatoms. The number of para-hydroxylation sites is 3. The van der Waals surface area contributed by atoms with Crippen LogP contribution in [0.25, 0.3) is 76.9 Å². The van der Waals surface area contributed by atoms with Crippen molar-refractivity contribution in [2.24, 2.45) is 0 Å². The molecule has 0 radical (unpaired) electrons. The first kappa shape index (κ1) is 28.9. The second-order valence-corrected chi connectivity index (χ2v) is 13.7. The van der Waals surface area contributed by atoms with Crippen LogP contribution in [-0.4, -0.2) is 6.17 Å². The molecular formula is C45H33N3O3. The number of hydrogen-bond donors (Lipinski definition) is 3. The Labute approximate surface area is 293 Å². The quantitative estimate of drug-likeness (QED) is 0.174. The number of rotatable bonds is 4. The van der Waals surface area contributed by atoms with Gasteiger partial charge in [-0.15, -0.1) is 0 Å². The van der Waals surface area contributed by atoms with E-state index >= 15 is 0 Å². The summed E-state index contributed by atoms with van der Waals surface area (Å²) >= 11 is 0. The second kappa shape index (κ2) is 11.3. The van der Waals surface area contributed by atoms with Gasteiger partial charge in [0.2, 0.25) is 0 Å². The van der Waals surface area contributed by atoms with Crippen LogP contribution >= 0.6 is 0 Å². The fraction of sp³-hybridized carbons (Fsp3) is 0.111. The summed E-state index contributed by atoms with van der Waals surface area (Å²) in [4.78, 5) is 0. The molecule has 51 heavy (non-hydrogen) atoms. The maximum Gasteiger partial charge on any atom is 0.143 e. The predicted molar refractivity (Wildman–Crippen MR) is 205 cm³/mol. The van der Waals surface area contributed by atoms with E-state index in [0.717, 1.165) is 101 Å². The van der Waals surface area contributed by atoms with Crippen LogP contribution in [0.1, 0.15) is 36.3 Å². The van der Waals surface area contributed by atoms with E-state index in [1.165, 1.54) is 5.57 Å². The summed E-state index contributed by atoms with van der Waals surface area (Å²) in [5.41, 5.74) is 11.0. The van der Waals surface area contributed by atoms with Crippen molar-refractivity contribution >= 4 is 65.8 Å². The average molecular weight is 664 g/mol. The Morgan fingerprint density at radius 3 is 2.06 bits per heavy atom. The van der Waals surface area contributed by atoms with Crippen molar-refractivity contribution in [2.75, 3.05) is 0 Å². The van der Waals surface area contributed by atoms with Crippen LogP contribution in [0, 0.1) is 0 Å². The highest BCUT2D eigenvalue weighted by atomic mass is 16.3. The third-order valence-electron chi connectivity index (χ3n) is 10.6. The van der Waals surface area contributed by atoms with E-state index in [9.17, 15) is 0 Å². The first-order valence-corrected chi connectivity index (χ1v) is 17.7. The normalized spacial score (nSPS) is 19.6. The Morgan fingerprint density at radius 1 is 0.490 bits per heavy atom. The van der Waals surface area contributed by atoms with Gasteiger partial charge in [0.05, 0.1) is 18.5 Å². The van der Waals surface area contributed by atoms with Gasteiger partial charge in [-0.3, -0.25) is 16.0 Å². The van der Waals surface area contributed by atoms with E-state index < -0.39 is 0 Å². The van der Waals surface area contributed by atoms with Crippen molar-refractivity contribution in [1.82, 2.24) is 16.0 Å². The van der Waals surface area contributed by atoms with Crippen molar-refractivity contribution in [1.29, 1.82) is 0 Å². The summed E-state index contributed by atoms with van der Waals surface area (Å²) < 4.78 is 19.1. The lowest BCUT2D eigenvalue weighted by Crippen LogP contribution is -2.59. The number of furan rings is 3. The van der Waals surface area contributed by atoms with Gasteiger partial charge in [-0.2, -0.15) is 0 Å². The Kier molecular flexibility index (Phi) is 6.40. The van der Waals surface area contributed by atoms with Crippen LogP contribution < -0.4 is 16.0 Å². The lowest BCUT2D eigenvalue weighted by molar-refractivity contribution is 0.225. The molecule has 6 aromatic carbocycles. The highest BCUT2D eigenvalue weighted by Crippen LogP contribution is 2.40. The Hall–Kier alpha value is -5.92. The molecule has 3 N–H and O–H groups in total. The van der Waals surface area contributed by atoms with Crippen LogP contribution in [0.15, 0.2) is 158 Å². The van der Waals surface area contributed by atoms with E-state index in [4.69, 9.17) is 13.3 Å². The lowest BCUT2D eigenvalue weighted by atomic mass is 9.98. The largest absolute Gasteiger partial charge is 0.456 e. The van der Waals surface area contributed by atoms with Crippen molar-refractivity contribution in [3.05, 3.63) is 156 Å². The van der Waals surface area contributed by atoms with Crippen molar-refractivity contribution in [2.45, 2.75) is 31.3 Å². The van der Waals surface area contributed by atoms with Gasteiger partial charge in [0.15, 0.2) is 0 Å². The molecule has 0 saturated carbocycles. The molecule has 6 nitrogen and oxygen atoms in total. The predicted octanol–water partition coefficient (Wildman–Crippen LogP) is 11.1. The second-order valence-electron chi connectivity index (χ2n) is 13.7. The van der Waals surface area contributed by atoms with Gasteiger partial charge in [0.1, 0.15) is 33.5 Å². The van der Waals surface area contributed by atoms with Crippen LogP contribution in [0.4, 0.5) is 0 Å². The number of allylic oxidation sites excluding steroid dienone is 2. The number of benzene rings is 6. The van der Waals surface area contributed by atoms with Crippen LogP contribution in [0.2, 0.25) is 0 Å². The fourth-order valence-electron chi connectivity index (χ4n) is 8.22. The van der Waals surface area contributed by atoms with Crippen molar-refractivity contribution in [3.63, 3.8) is 0 Å². The minimum absolute atomic E-state index is 0.0566. The van der Waals surface area contributed by atoms with Crippen molar-refractivity contribution < 1.29 is 13.3 Å². The Bertz CT molecular complexity index is 2890. The van der Waals surface area contributed by atoms with Gasteiger partial charge in [0, 0.05) is 37.9 Å². The Morgan fingerprint density at radius 2 is 1.18 bits per heavy atom. The molecule has 11 rings (SSSR count). The zero-order chi connectivity index (χ0) is 33.5. The molecule has 1 aliphatic carbocycles. The summed E-state index contributed by atoms with van der Waals surface area (Å²) in [6, 6.07) is 42.3. The standard InChI is InChI=1S/C45H33N3O3/c1-2-10-26(11-3-1)43-46-44(48-45(47-43)33-16-9-19-40-41(33)32-13-5-7-18-37(32)50-40)28-21-23-39-35(25-28)34-24-27(20-22-38(34)49-39)29-14-8-15-31-30-12-4-6-17-36(30)51-42(29)31/h2,4-25,43-48H,1,3H2. The fourth-order valence-corrected chi connectivity index (χ4v) is 8.22. The molecule has 3 aromatic heterocycles. The molecule has 0 amide bonds. The van der Waals surface area contributed by atoms with Gasteiger partial charge in [-0.1, -0.05) is 97.1 Å². The monoisotopic (exact) mass is 663 g/mol. The molecule has 9 aromatic rings. The smallest absolute Gasteiger partial charge is 0.143 e. The molecule has 4 heterocycles. The number of nitrogens with one attached hydrogen (secondary N) is 3. The molecule has 0 bridgehead atoms. The molecule has 246 valence electrons. The van der Waals surface area contributed by atoms with Gasteiger partial charge < -0.3 is 13.3 Å². The zero-order valence-electron chi connectivity index (χ0n) is 27.7. The minimum atomic E-state index is -0.146. The molecule has 1 fully saturated rings. The maximum atomic E-state index is 6.41. The first-order chi connectivity index (χ1) is 25.2. The lowest BCUT2D eigenvalue weighted by Gasteiger charge is -2.40. The molecule has 3 atom stereocenters. The highest BCUT2D eigenvalue weighted by molar-refractivity contribution is 6.12. The number of fused-ring (bicyclic) bond motifs is 9. The van der Waals surface area contributed by atoms with E-state index in [0.29, 0.717) is 0 Å². The van der Waals surface area contributed by atoms with Crippen molar-refractivity contribution in [3.8, 4) is 11.1 Å². The summed E-state index contributed by atoms with van der Waals surface area (Å²) in [6.07, 6.45) is 8.61. The summed E-state index contributed by atoms with van der Waals surface area (Å²) in [5, 5.41) is 18.4. The first-order valence-electron chi connectivity index (χ1n) is 17.7. The average Bonchev–Trinajstić information content (AvgIpc) is 3.89. The molecule has 3 unspecified atom stereocenters. The SMILES string of the molecule is C1=CC(C2NC(c3ccc4oc5ccc(-c6cccc7c6oc6ccccc67)cc5c4c3)NC(c3cccc4oc5ccccc5c34)N2)=CCC1. The third-order valence-corrected chi connectivity index (χ3v) is 10.6. The van der Waals surface area contributed by atoms with E-state index in [1.807, 2.05) is 24.3 Å². The van der Waals surface area contributed by atoms with Crippen LogP contribution in [0.5, 0.6) is 0 Å². The maximum absolute atomic E-state index is 6.41. The van der Waals surface area contributed by atoms with Gasteiger partial charge >= 0.3 is 0 Å². The topological polar surface area (TPSA) is 75.5 Å². The summed E-state index contributed by atoms with van der Waals surface area (Å²) in [7, 11) is 0. The molecular weight excluding hydrogens is 631 g/mol. The van der Waals surface area contributed by atoms with E-state index in [1.54, 1.807) is 0 Å². The van der Waals surface area contributed by atoms with Crippen LogP contribution in [-0.2, 0) is 0 Å². The number of hydrogen-bond acceptors (Lipinski definition) is 6. The zero-order valence-corrected chi connectivity index (χ0v) is 27.7. The van der Waals surface area contributed by atoms with E-state index in [-0.39, 0.29) is 18.5 Å². The van der Waals surface area contributed by atoms with Gasteiger partial charge in [-0.25, -0.2) is 0 Å². The summed E-state index contributed by atoms with van der Waals surface area (Å²) in [6.45, 7) is 0. The highest BCUT2D eigenvalue weighted by Gasteiger charge is 2.32. The van der Waals surface area contributed by atoms with Crippen LogP contribution in [0.3, 0.4) is 0 Å². The summed E-state index contributed by atoms with van der Waals surface area (Å²) in [5.74, 6) is 0. The molecule has 0 spiro atoms. The molecule has 1 aliphatic heterocycles. The minimum Gasteiger partial charge on any atom is -0.456 e. The molecule has 2 aliphatic rings. The van der Waals surface area contributed by atoms with E-state index in [2.05, 4.69) is 131 Å². The van der Waals surface area contributed by atoms with Gasteiger partial charge in [0.25, 0.3) is 0 Å². The Balaban J connectivity index is 1.02. The van der Waals surface area contributed by atoms with Gasteiger partial charge in [-0.05, 0) is 77.6 Å². The molecule has 1 saturated heterocycles. The third kappa shape index (κ3) is 4.61.